The van der Waals surface area contributed by atoms with E-state index in [0.717, 1.165) is 0 Å². The van der Waals surface area contributed by atoms with Crippen molar-refractivity contribution < 1.29 is 46.1 Å². The van der Waals surface area contributed by atoms with Gasteiger partial charge in [0.05, 0.1) is 0 Å². The average molecular weight is 248 g/mol. The molecule has 4 nitrogen and oxygen atoms in total. The molecule has 0 aromatic heterocycles. The van der Waals surface area contributed by atoms with Gasteiger partial charge in [-0.05, 0) is 0 Å². The van der Waals surface area contributed by atoms with Crippen molar-refractivity contribution in [2.24, 2.45) is 0 Å². The summed E-state index contributed by atoms with van der Waals surface area (Å²) < 4.78 is 72.8. The van der Waals surface area contributed by atoms with Crippen molar-refractivity contribution >= 4 is 30.8 Å². The van der Waals surface area contributed by atoms with Gasteiger partial charge in [-0.25, -0.2) is 9.59 Å². The zero-order valence-corrected chi connectivity index (χ0v) is 6.48. The summed E-state index contributed by atoms with van der Waals surface area (Å²) in [7, 11) is 0. The second-order valence-electron chi connectivity index (χ2n) is 2.33. The Bertz CT molecular complexity index is 275. The minimum atomic E-state index is -6.53. The van der Waals surface area contributed by atoms with Gasteiger partial charge in [-0.3, -0.25) is 0 Å². The van der Waals surface area contributed by atoms with Gasteiger partial charge in [0.15, 0.2) is 0 Å². The summed E-state index contributed by atoms with van der Waals surface area (Å²) in [6.07, 6.45) is 0. The SMILES string of the molecule is O=C(O)C(F)(F)C(F)(F)C(F)(F)C(=O)O.[LiH]. The van der Waals surface area contributed by atoms with E-state index in [-0.39, 0.29) is 18.9 Å². The van der Waals surface area contributed by atoms with E-state index < -0.39 is 29.7 Å². The van der Waals surface area contributed by atoms with E-state index in [1.54, 1.807) is 0 Å². The van der Waals surface area contributed by atoms with Crippen LogP contribution in [-0.4, -0.2) is 58.8 Å². The van der Waals surface area contributed by atoms with E-state index in [1.165, 1.54) is 0 Å². The van der Waals surface area contributed by atoms with Crippen LogP contribution in [0.4, 0.5) is 26.3 Å². The summed E-state index contributed by atoms with van der Waals surface area (Å²) in [6, 6.07) is 0. The van der Waals surface area contributed by atoms with Gasteiger partial charge in [0, 0.05) is 0 Å². The number of carboxylic acid groups (broad SMARTS) is 2. The van der Waals surface area contributed by atoms with Crippen LogP contribution in [0, 0.1) is 0 Å². The average Bonchev–Trinajstić information content (AvgIpc) is 2.02. The van der Waals surface area contributed by atoms with Crippen molar-refractivity contribution in [2.75, 3.05) is 0 Å². The number of alkyl halides is 6. The topological polar surface area (TPSA) is 74.6 Å². The summed E-state index contributed by atoms with van der Waals surface area (Å²) in [6.45, 7) is 0. The fourth-order valence-corrected chi connectivity index (χ4v) is 0.466. The van der Waals surface area contributed by atoms with E-state index in [1.807, 2.05) is 0 Å². The summed E-state index contributed by atoms with van der Waals surface area (Å²) in [4.78, 5) is 19.2. The first-order valence-corrected chi connectivity index (χ1v) is 2.99. The van der Waals surface area contributed by atoms with Crippen LogP contribution in [0.25, 0.3) is 0 Å². The molecule has 0 aliphatic heterocycles. The van der Waals surface area contributed by atoms with Crippen LogP contribution in [0.1, 0.15) is 0 Å². The third-order valence-electron chi connectivity index (χ3n) is 1.33. The zero-order valence-electron chi connectivity index (χ0n) is 6.48. The van der Waals surface area contributed by atoms with Crippen LogP contribution < -0.4 is 0 Å². The number of rotatable bonds is 4. The predicted octanol–water partition coefficient (Wildman–Crippen LogP) is 0.413. The van der Waals surface area contributed by atoms with E-state index in [9.17, 15) is 35.9 Å². The molecule has 0 saturated carbocycles. The van der Waals surface area contributed by atoms with Crippen LogP contribution >= 0.6 is 0 Å². The van der Waals surface area contributed by atoms with Crippen LogP contribution in [0.3, 0.4) is 0 Å². The molecule has 11 heteroatoms. The molecule has 0 fully saturated rings. The Morgan fingerprint density at radius 1 is 0.750 bits per heavy atom. The summed E-state index contributed by atoms with van der Waals surface area (Å²) in [5.74, 6) is -26.0. The Morgan fingerprint density at radius 2 is 0.938 bits per heavy atom. The standard InChI is InChI=1S/C5H2F6O4.Li.H/c6-3(7,1(12)13)5(10,11)4(8,9)2(14)15;;/h(H,12,13)(H,14,15);;. The van der Waals surface area contributed by atoms with Gasteiger partial charge < -0.3 is 10.2 Å². The van der Waals surface area contributed by atoms with Crippen molar-refractivity contribution in [3.05, 3.63) is 0 Å². The molecule has 0 aliphatic carbocycles. The van der Waals surface area contributed by atoms with Gasteiger partial charge >= 0.3 is 48.6 Å². The van der Waals surface area contributed by atoms with E-state index in [4.69, 9.17) is 10.2 Å². The van der Waals surface area contributed by atoms with E-state index in [2.05, 4.69) is 0 Å². The van der Waals surface area contributed by atoms with Crippen molar-refractivity contribution in [2.45, 2.75) is 17.8 Å². The van der Waals surface area contributed by atoms with E-state index >= 15 is 0 Å². The molecular weight excluding hydrogens is 245 g/mol. The van der Waals surface area contributed by atoms with E-state index in [0.29, 0.717) is 0 Å². The molecule has 0 aromatic carbocycles. The van der Waals surface area contributed by atoms with Crippen LogP contribution in [0.15, 0.2) is 0 Å². The molecule has 0 radical (unpaired) electrons. The van der Waals surface area contributed by atoms with Crippen molar-refractivity contribution in [1.82, 2.24) is 0 Å². The number of carboxylic acids is 2. The van der Waals surface area contributed by atoms with Gasteiger partial charge in [0.1, 0.15) is 0 Å². The molecule has 0 spiro atoms. The molecule has 0 atom stereocenters. The number of aliphatic carboxylic acids is 2. The number of hydrogen-bond acceptors (Lipinski definition) is 2. The second kappa shape index (κ2) is 4.55. The molecule has 0 heterocycles. The quantitative estimate of drug-likeness (QED) is 0.558. The molecule has 16 heavy (non-hydrogen) atoms. The Labute approximate surface area is 95.4 Å². The van der Waals surface area contributed by atoms with Gasteiger partial charge in [0.25, 0.3) is 0 Å². The van der Waals surface area contributed by atoms with Crippen molar-refractivity contribution in [3.8, 4) is 0 Å². The maximum absolute atomic E-state index is 12.2. The first kappa shape index (κ1) is 17.5. The first-order valence-electron chi connectivity index (χ1n) is 2.99. The van der Waals surface area contributed by atoms with Crippen molar-refractivity contribution in [3.63, 3.8) is 0 Å². The summed E-state index contributed by atoms with van der Waals surface area (Å²) >= 11 is 0. The fourth-order valence-electron chi connectivity index (χ4n) is 0.466. The molecular formula is C5H3F6LiO4. The molecule has 0 amide bonds. The Morgan fingerprint density at radius 3 is 1.06 bits per heavy atom. The van der Waals surface area contributed by atoms with Crippen LogP contribution in [0.2, 0.25) is 0 Å². The van der Waals surface area contributed by atoms with Gasteiger partial charge in [-0.2, -0.15) is 26.3 Å². The number of halogens is 6. The molecule has 0 rings (SSSR count). The number of carbonyl (C=O) groups is 2. The first-order chi connectivity index (χ1) is 6.39. The van der Waals surface area contributed by atoms with Crippen LogP contribution in [-0.2, 0) is 9.59 Å². The normalized spacial score (nSPS) is 12.9. The second-order valence-corrected chi connectivity index (χ2v) is 2.33. The molecule has 0 unspecified atom stereocenters. The molecule has 0 bridgehead atoms. The molecule has 0 saturated heterocycles. The third-order valence-corrected chi connectivity index (χ3v) is 1.33. The molecule has 90 valence electrons. The number of hydrogen-bond donors (Lipinski definition) is 2. The molecule has 0 aromatic rings. The van der Waals surface area contributed by atoms with Crippen LogP contribution in [0.5, 0.6) is 0 Å². The Kier molecular flexibility index (Phi) is 4.97. The molecule has 0 aliphatic rings. The van der Waals surface area contributed by atoms with Crippen molar-refractivity contribution in [1.29, 1.82) is 0 Å². The summed E-state index contributed by atoms with van der Waals surface area (Å²) in [5, 5.41) is 15.1. The van der Waals surface area contributed by atoms with Gasteiger partial charge in [-0.15, -0.1) is 0 Å². The minimum absolute atomic E-state index is 0. The van der Waals surface area contributed by atoms with Gasteiger partial charge in [0.2, 0.25) is 0 Å². The fraction of sp³-hybridized carbons (Fsp3) is 0.600. The summed E-state index contributed by atoms with van der Waals surface area (Å²) in [5.41, 5.74) is 0. The molecule has 2 N–H and O–H groups in total. The Hall–Kier alpha value is -0.883. The Balaban J connectivity index is 0. The third kappa shape index (κ3) is 2.27. The predicted molar refractivity (Wildman–Crippen MR) is 37.3 cm³/mol. The zero-order chi connectivity index (χ0) is 12.7. The maximum atomic E-state index is 12.2. The monoisotopic (exact) mass is 248 g/mol. The van der Waals surface area contributed by atoms with Gasteiger partial charge in [-0.1, -0.05) is 0 Å².